The van der Waals surface area contributed by atoms with E-state index in [4.69, 9.17) is 4.74 Å². The maximum atomic E-state index is 11.7. The van der Waals surface area contributed by atoms with Gasteiger partial charge in [-0.1, -0.05) is 25.1 Å². The molecule has 1 aliphatic rings. The Labute approximate surface area is 128 Å². The van der Waals surface area contributed by atoms with Crippen LogP contribution < -0.4 is 4.90 Å². The summed E-state index contributed by atoms with van der Waals surface area (Å²) in [4.78, 5) is 19.4. The van der Waals surface area contributed by atoms with Gasteiger partial charge in [-0.3, -0.25) is 0 Å². The summed E-state index contributed by atoms with van der Waals surface area (Å²) < 4.78 is 4.80. The van der Waals surface area contributed by atoms with Crippen molar-refractivity contribution in [2.75, 3.05) is 18.6 Å². The number of para-hydroxylation sites is 1. The molecule has 0 aliphatic carbocycles. The summed E-state index contributed by atoms with van der Waals surface area (Å²) >= 11 is 1.54. The molecule has 110 valence electrons. The van der Waals surface area contributed by atoms with Gasteiger partial charge in [-0.25, -0.2) is 9.78 Å². The van der Waals surface area contributed by atoms with Crippen LogP contribution in [0.2, 0.25) is 0 Å². The number of carbonyl (C=O) groups is 1. The van der Waals surface area contributed by atoms with Crippen molar-refractivity contribution >= 4 is 28.1 Å². The standard InChI is InChI=1S/C16H18N2O2S/c1-10-8-12-6-4-5-7-13(12)18(9-10)16-17-14(11(2)21-16)15(19)20-3/h4-7,10H,8-9H2,1-3H3. The van der Waals surface area contributed by atoms with Crippen molar-refractivity contribution in [2.24, 2.45) is 5.92 Å². The van der Waals surface area contributed by atoms with Gasteiger partial charge < -0.3 is 9.64 Å². The molecule has 1 unspecified atom stereocenters. The molecule has 0 amide bonds. The number of esters is 1. The molecule has 0 fully saturated rings. The second-order valence-electron chi connectivity index (χ2n) is 5.44. The molecule has 0 bridgehead atoms. The molecule has 0 radical (unpaired) electrons. The number of aryl methyl sites for hydroxylation is 1. The van der Waals surface area contributed by atoms with Crippen LogP contribution in [0, 0.1) is 12.8 Å². The Balaban J connectivity index is 2.03. The summed E-state index contributed by atoms with van der Waals surface area (Å²) in [6.07, 6.45) is 1.08. The van der Waals surface area contributed by atoms with Crippen molar-refractivity contribution in [3.8, 4) is 0 Å². The van der Waals surface area contributed by atoms with Crippen LogP contribution in [0.3, 0.4) is 0 Å². The van der Waals surface area contributed by atoms with Gasteiger partial charge in [-0.15, -0.1) is 11.3 Å². The van der Waals surface area contributed by atoms with E-state index in [2.05, 4.69) is 35.0 Å². The van der Waals surface area contributed by atoms with Crippen LogP contribution in [0.5, 0.6) is 0 Å². The third-order valence-electron chi connectivity index (χ3n) is 3.74. The molecule has 1 aliphatic heterocycles. The number of aromatic nitrogens is 1. The van der Waals surface area contributed by atoms with Crippen molar-refractivity contribution in [3.05, 3.63) is 40.4 Å². The number of rotatable bonds is 2. The van der Waals surface area contributed by atoms with Gasteiger partial charge in [0.1, 0.15) is 0 Å². The quantitative estimate of drug-likeness (QED) is 0.795. The fourth-order valence-electron chi connectivity index (χ4n) is 2.76. The van der Waals surface area contributed by atoms with Crippen molar-refractivity contribution in [1.82, 2.24) is 4.98 Å². The zero-order chi connectivity index (χ0) is 15.0. The molecule has 5 heteroatoms. The number of fused-ring (bicyclic) bond motifs is 1. The van der Waals surface area contributed by atoms with Gasteiger partial charge in [0.05, 0.1) is 7.11 Å². The first kappa shape index (κ1) is 14.1. The Morgan fingerprint density at radius 3 is 2.95 bits per heavy atom. The largest absolute Gasteiger partial charge is 0.464 e. The molecule has 2 aromatic rings. The van der Waals surface area contributed by atoms with E-state index < -0.39 is 0 Å². The van der Waals surface area contributed by atoms with E-state index in [1.54, 1.807) is 11.3 Å². The van der Waals surface area contributed by atoms with Crippen LogP contribution in [0.25, 0.3) is 0 Å². The second-order valence-corrected chi connectivity index (χ2v) is 6.62. The number of hydrogen-bond donors (Lipinski definition) is 0. The minimum atomic E-state index is -0.367. The van der Waals surface area contributed by atoms with Crippen LogP contribution in [-0.2, 0) is 11.2 Å². The minimum Gasteiger partial charge on any atom is -0.464 e. The third-order valence-corrected chi connectivity index (χ3v) is 4.73. The molecule has 21 heavy (non-hydrogen) atoms. The topological polar surface area (TPSA) is 42.4 Å². The lowest BCUT2D eigenvalue weighted by molar-refractivity contribution is 0.0594. The molecular weight excluding hydrogens is 284 g/mol. The first-order chi connectivity index (χ1) is 10.1. The predicted octanol–water partition coefficient (Wildman–Crippen LogP) is 3.57. The lowest BCUT2D eigenvalue weighted by Crippen LogP contribution is -2.30. The summed E-state index contributed by atoms with van der Waals surface area (Å²) in [7, 11) is 1.39. The van der Waals surface area contributed by atoms with Crippen molar-refractivity contribution < 1.29 is 9.53 Å². The van der Waals surface area contributed by atoms with Gasteiger partial charge >= 0.3 is 5.97 Å². The van der Waals surface area contributed by atoms with Gasteiger partial charge in [-0.2, -0.15) is 0 Å². The molecule has 1 aromatic carbocycles. The third kappa shape index (κ3) is 2.53. The molecule has 0 saturated heterocycles. The summed E-state index contributed by atoms with van der Waals surface area (Å²) in [6.45, 7) is 5.07. The average molecular weight is 302 g/mol. The van der Waals surface area contributed by atoms with E-state index >= 15 is 0 Å². The van der Waals surface area contributed by atoms with E-state index in [-0.39, 0.29) is 5.97 Å². The Kier molecular flexibility index (Phi) is 3.68. The fraction of sp³-hybridized carbons (Fsp3) is 0.375. The maximum absolute atomic E-state index is 11.7. The summed E-state index contributed by atoms with van der Waals surface area (Å²) in [5.41, 5.74) is 2.96. The smallest absolute Gasteiger partial charge is 0.357 e. The fourth-order valence-corrected chi connectivity index (χ4v) is 3.68. The maximum Gasteiger partial charge on any atom is 0.357 e. The van der Waals surface area contributed by atoms with Gasteiger partial charge in [0, 0.05) is 17.1 Å². The van der Waals surface area contributed by atoms with E-state index in [0.29, 0.717) is 11.6 Å². The lowest BCUT2D eigenvalue weighted by Gasteiger charge is -2.32. The van der Waals surface area contributed by atoms with Crippen LogP contribution in [0.4, 0.5) is 10.8 Å². The number of benzene rings is 1. The number of nitrogens with zero attached hydrogens (tertiary/aromatic N) is 2. The highest BCUT2D eigenvalue weighted by Crippen LogP contribution is 2.38. The number of carbonyl (C=O) groups excluding carboxylic acids is 1. The van der Waals surface area contributed by atoms with Crippen LogP contribution in [0.15, 0.2) is 24.3 Å². The number of methoxy groups -OCH3 is 1. The van der Waals surface area contributed by atoms with E-state index in [1.807, 2.05) is 13.0 Å². The molecule has 4 nitrogen and oxygen atoms in total. The van der Waals surface area contributed by atoms with Crippen LogP contribution in [-0.4, -0.2) is 24.6 Å². The van der Waals surface area contributed by atoms with E-state index in [0.717, 1.165) is 23.0 Å². The van der Waals surface area contributed by atoms with Gasteiger partial charge in [0.25, 0.3) is 0 Å². The first-order valence-electron chi connectivity index (χ1n) is 7.01. The van der Waals surface area contributed by atoms with Gasteiger partial charge in [-0.05, 0) is 30.9 Å². The summed E-state index contributed by atoms with van der Waals surface area (Å²) in [5, 5.41) is 0.868. The normalized spacial score (nSPS) is 17.5. The SMILES string of the molecule is COC(=O)c1nc(N2CC(C)Cc3ccccc32)sc1C. The number of anilines is 2. The Bertz CT molecular complexity index is 681. The monoisotopic (exact) mass is 302 g/mol. The first-order valence-corrected chi connectivity index (χ1v) is 7.83. The van der Waals surface area contributed by atoms with Crippen LogP contribution in [0.1, 0.15) is 27.9 Å². The van der Waals surface area contributed by atoms with Crippen molar-refractivity contribution in [1.29, 1.82) is 0 Å². The second kappa shape index (κ2) is 5.48. The summed E-state index contributed by atoms with van der Waals surface area (Å²) in [6, 6.07) is 8.40. The van der Waals surface area contributed by atoms with Crippen molar-refractivity contribution in [3.63, 3.8) is 0 Å². The number of hydrogen-bond acceptors (Lipinski definition) is 5. The highest BCUT2D eigenvalue weighted by atomic mass is 32.1. The molecule has 1 aromatic heterocycles. The predicted molar refractivity (Wildman–Crippen MR) is 84.5 cm³/mol. The van der Waals surface area contributed by atoms with Gasteiger partial charge in [0.15, 0.2) is 10.8 Å². The highest BCUT2D eigenvalue weighted by Gasteiger charge is 2.26. The molecule has 0 N–H and O–H groups in total. The van der Waals surface area contributed by atoms with E-state index in [9.17, 15) is 4.79 Å². The molecule has 3 rings (SSSR count). The molecule has 0 saturated carbocycles. The zero-order valence-electron chi connectivity index (χ0n) is 12.4. The summed E-state index contributed by atoms with van der Waals surface area (Å²) in [5.74, 6) is 0.194. The average Bonchev–Trinajstić information content (AvgIpc) is 2.87. The molecular formula is C16H18N2O2S. The molecule has 1 atom stereocenters. The Morgan fingerprint density at radius 1 is 1.43 bits per heavy atom. The van der Waals surface area contributed by atoms with E-state index in [1.165, 1.54) is 18.4 Å². The Hall–Kier alpha value is -1.88. The van der Waals surface area contributed by atoms with Crippen molar-refractivity contribution in [2.45, 2.75) is 20.3 Å². The number of thiazole rings is 1. The molecule has 0 spiro atoms. The zero-order valence-corrected chi connectivity index (χ0v) is 13.2. The lowest BCUT2D eigenvalue weighted by atomic mass is 9.94. The van der Waals surface area contributed by atoms with Gasteiger partial charge in [0.2, 0.25) is 0 Å². The van der Waals surface area contributed by atoms with Crippen LogP contribution >= 0.6 is 11.3 Å². The Morgan fingerprint density at radius 2 is 2.19 bits per heavy atom. The molecule has 2 heterocycles. The number of ether oxygens (including phenoxy) is 1. The minimum absolute atomic E-state index is 0.367. The highest BCUT2D eigenvalue weighted by molar-refractivity contribution is 7.15.